The van der Waals surface area contributed by atoms with Gasteiger partial charge < -0.3 is 15.2 Å². The Morgan fingerprint density at radius 2 is 2.19 bits per heavy atom. The molecule has 110 valence electrons. The summed E-state index contributed by atoms with van der Waals surface area (Å²) in [6.07, 6.45) is 2.55. The maximum Gasteiger partial charge on any atom is 0.326 e. The number of hydrogen-bond donors (Lipinski definition) is 2. The van der Waals surface area contributed by atoms with Gasteiger partial charge in [0.2, 0.25) is 0 Å². The van der Waals surface area contributed by atoms with Crippen molar-refractivity contribution in [2.24, 2.45) is 0 Å². The number of aromatic nitrogens is 2. The summed E-state index contributed by atoms with van der Waals surface area (Å²) in [6, 6.07) is 3.80. The molecule has 1 amide bonds. The molecule has 8 heteroatoms. The molecule has 0 saturated heterocycles. The Labute approximate surface area is 119 Å². The second-order valence-electron chi connectivity index (χ2n) is 4.23. The van der Waals surface area contributed by atoms with Gasteiger partial charge in [0.15, 0.2) is 0 Å². The van der Waals surface area contributed by atoms with Gasteiger partial charge in [-0.2, -0.15) is 5.10 Å². The van der Waals surface area contributed by atoms with E-state index in [1.165, 1.54) is 10.7 Å². The fourth-order valence-electron chi connectivity index (χ4n) is 1.80. The largest absolute Gasteiger partial charge is 0.480 e. The van der Waals surface area contributed by atoms with E-state index in [9.17, 15) is 14.4 Å². The van der Waals surface area contributed by atoms with E-state index < -0.39 is 30.3 Å². The molecule has 0 aliphatic heterocycles. The van der Waals surface area contributed by atoms with Crippen LogP contribution in [0.5, 0.6) is 0 Å². The fraction of sp³-hybridized carbons (Fsp3) is 0.231. The van der Waals surface area contributed by atoms with Gasteiger partial charge in [-0.05, 0) is 12.1 Å². The lowest BCUT2D eigenvalue weighted by molar-refractivity contribution is -0.147. The number of carboxylic acid groups (broad SMARTS) is 1. The Morgan fingerprint density at radius 3 is 2.86 bits per heavy atom. The number of carboxylic acids is 1. The lowest BCUT2D eigenvalue weighted by atomic mass is 10.2. The first-order valence-electron chi connectivity index (χ1n) is 6.05. The molecule has 0 aliphatic carbocycles. The molecule has 0 saturated carbocycles. The van der Waals surface area contributed by atoms with Gasteiger partial charge in [-0.3, -0.25) is 9.59 Å². The van der Waals surface area contributed by atoms with Gasteiger partial charge in [-0.15, -0.1) is 0 Å². The van der Waals surface area contributed by atoms with Crippen molar-refractivity contribution in [2.45, 2.75) is 12.5 Å². The summed E-state index contributed by atoms with van der Waals surface area (Å²) in [4.78, 5) is 34.4. The third-order valence-electron chi connectivity index (χ3n) is 2.87. The smallest absolute Gasteiger partial charge is 0.326 e. The van der Waals surface area contributed by atoms with E-state index in [-0.39, 0.29) is 5.56 Å². The minimum Gasteiger partial charge on any atom is -0.480 e. The van der Waals surface area contributed by atoms with Crippen LogP contribution in [0.2, 0.25) is 0 Å². The number of ether oxygens (including phenoxy) is 1. The third-order valence-corrected chi connectivity index (χ3v) is 2.87. The molecular formula is C13H13N3O5. The van der Waals surface area contributed by atoms with E-state index in [4.69, 9.17) is 5.11 Å². The Morgan fingerprint density at radius 1 is 1.43 bits per heavy atom. The van der Waals surface area contributed by atoms with Crippen molar-refractivity contribution in [1.29, 1.82) is 0 Å². The van der Waals surface area contributed by atoms with Crippen molar-refractivity contribution < 1.29 is 24.2 Å². The van der Waals surface area contributed by atoms with Crippen molar-refractivity contribution >= 4 is 23.4 Å². The minimum atomic E-state index is -1.36. The highest BCUT2D eigenvalue weighted by Crippen LogP contribution is 2.10. The van der Waals surface area contributed by atoms with Crippen LogP contribution in [0.25, 0.3) is 5.52 Å². The number of nitrogens with one attached hydrogen (secondary N) is 1. The number of fused-ring (bicyclic) bond motifs is 1. The molecule has 0 radical (unpaired) electrons. The van der Waals surface area contributed by atoms with Crippen molar-refractivity contribution in [3.8, 4) is 0 Å². The number of rotatable bonds is 5. The van der Waals surface area contributed by atoms with Gasteiger partial charge in [-0.1, -0.05) is 6.07 Å². The monoisotopic (exact) mass is 291 g/mol. The van der Waals surface area contributed by atoms with Gasteiger partial charge >= 0.3 is 11.9 Å². The topological polar surface area (TPSA) is 110 Å². The van der Waals surface area contributed by atoms with E-state index in [2.05, 4.69) is 15.2 Å². The lowest BCUT2D eigenvalue weighted by Crippen LogP contribution is -2.42. The molecular weight excluding hydrogens is 278 g/mol. The third kappa shape index (κ3) is 3.16. The molecule has 1 atom stereocenters. The van der Waals surface area contributed by atoms with Crippen LogP contribution in [0.1, 0.15) is 16.8 Å². The molecule has 2 heterocycles. The molecule has 21 heavy (non-hydrogen) atoms. The Bertz CT molecular complexity index is 694. The maximum atomic E-state index is 12.1. The van der Waals surface area contributed by atoms with Crippen LogP contribution >= 0.6 is 0 Å². The van der Waals surface area contributed by atoms with Crippen LogP contribution in [0, 0.1) is 0 Å². The Hall–Kier alpha value is -2.90. The molecule has 2 N–H and O–H groups in total. The summed E-state index contributed by atoms with van der Waals surface area (Å²) in [5.41, 5.74) is 0.768. The summed E-state index contributed by atoms with van der Waals surface area (Å²) in [6.45, 7) is 0. The molecule has 0 bridgehead atoms. The maximum absolute atomic E-state index is 12.1. The van der Waals surface area contributed by atoms with E-state index >= 15 is 0 Å². The number of methoxy groups -OCH3 is 1. The van der Waals surface area contributed by atoms with E-state index in [0.717, 1.165) is 7.11 Å². The van der Waals surface area contributed by atoms with Gasteiger partial charge in [0.25, 0.3) is 5.91 Å². The van der Waals surface area contributed by atoms with Gasteiger partial charge in [0.1, 0.15) is 6.04 Å². The van der Waals surface area contributed by atoms with Crippen molar-refractivity contribution in [2.75, 3.05) is 7.11 Å². The van der Waals surface area contributed by atoms with Crippen LogP contribution in [0.4, 0.5) is 0 Å². The summed E-state index contributed by atoms with van der Waals surface area (Å²) >= 11 is 0. The number of pyridine rings is 1. The van der Waals surface area contributed by atoms with E-state index in [0.29, 0.717) is 5.52 Å². The molecule has 2 aromatic heterocycles. The zero-order valence-corrected chi connectivity index (χ0v) is 11.1. The molecule has 2 aromatic rings. The highest BCUT2D eigenvalue weighted by Gasteiger charge is 2.25. The second-order valence-corrected chi connectivity index (χ2v) is 4.23. The van der Waals surface area contributed by atoms with Crippen LogP contribution in [0.3, 0.4) is 0 Å². The molecule has 0 spiro atoms. The van der Waals surface area contributed by atoms with Gasteiger partial charge in [0.05, 0.1) is 30.8 Å². The predicted octanol–water partition coefficient (Wildman–Crippen LogP) is 0.0804. The molecule has 2 rings (SSSR count). The van der Waals surface area contributed by atoms with Crippen LogP contribution < -0.4 is 5.32 Å². The van der Waals surface area contributed by atoms with Crippen molar-refractivity contribution in [1.82, 2.24) is 14.9 Å². The standard InChI is InChI=1S/C13H13N3O5/c1-21-11(17)6-9(13(19)20)15-12(18)8-7-14-16-5-3-2-4-10(8)16/h2-5,7,9H,6H2,1H3,(H,15,18)(H,19,20)/t9-/m0/s1. The quantitative estimate of drug-likeness (QED) is 0.755. The summed E-state index contributed by atoms with van der Waals surface area (Å²) < 4.78 is 5.89. The molecule has 0 aromatic carbocycles. The second kappa shape index (κ2) is 6.04. The number of amides is 1. The molecule has 0 unspecified atom stereocenters. The molecule has 0 fully saturated rings. The Kier molecular flexibility index (Phi) is 4.17. The first-order valence-corrected chi connectivity index (χ1v) is 6.05. The van der Waals surface area contributed by atoms with Crippen LogP contribution in [-0.4, -0.2) is 45.7 Å². The normalized spacial score (nSPS) is 11.9. The lowest BCUT2D eigenvalue weighted by Gasteiger charge is -2.12. The summed E-state index contributed by atoms with van der Waals surface area (Å²) in [5, 5.41) is 15.3. The number of esters is 1. The first kappa shape index (κ1) is 14.5. The zero-order valence-electron chi connectivity index (χ0n) is 11.1. The van der Waals surface area contributed by atoms with E-state index in [1.807, 2.05) is 0 Å². The first-order chi connectivity index (χ1) is 10.0. The number of carbonyl (C=O) groups is 3. The number of aliphatic carboxylic acids is 1. The number of hydrogen-bond acceptors (Lipinski definition) is 5. The zero-order chi connectivity index (χ0) is 15.4. The number of nitrogens with zero attached hydrogens (tertiary/aromatic N) is 2. The van der Waals surface area contributed by atoms with Gasteiger partial charge in [0, 0.05) is 6.20 Å². The fourth-order valence-corrected chi connectivity index (χ4v) is 1.80. The van der Waals surface area contributed by atoms with Crippen molar-refractivity contribution in [3.05, 3.63) is 36.2 Å². The van der Waals surface area contributed by atoms with Crippen LogP contribution in [-0.2, 0) is 14.3 Å². The summed E-state index contributed by atoms with van der Waals surface area (Å²) in [7, 11) is 1.15. The predicted molar refractivity (Wildman–Crippen MR) is 70.7 cm³/mol. The Balaban J connectivity index is 2.19. The molecule has 8 nitrogen and oxygen atoms in total. The summed E-state index contributed by atoms with van der Waals surface area (Å²) in [5.74, 6) is -2.65. The number of carbonyl (C=O) groups excluding carboxylic acids is 2. The molecule has 0 aliphatic rings. The highest BCUT2D eigenvalue weighted by atomic mass is 16.5. The van der Waals surface area contributed by atoms with Crippen LogP contribution in [0.15, 0.2) is 30.6 Å². The SMILES string of the molecule is COC(=O)C[C@H](NC(=O)c1cnn2ccccc12)C(=O)O. The average Bonchev–Trinajstić information content (AvgIpc) is 2.90. The average molecular weight is 291 g/mol. The highest BCUT2D eigenvalue weighted by molar-refractivity contribution is 6.02. The van der Waals surface area contributed by atoms with Crippen molar-refractivity contribution in [3.63, 3.8) is 0 Å². The van der Waals surface area contributed by atoms with E-state index in [1.54, 1.807) is 24.4 Å². The van der Waals surface area contributed by atoms with Gasteiger partial charge in [-0.25, -0.2) is 9.31 Å². The minimum absolute atomic E-state index is 0.228.